The van der Waals surface area contributed by atoms with Crippen molar-refractivity contribution in [2.45, 2.75) is 39.8 Å². The zero-order valence-corrected chi connectivity index (χ0v) is 21.9. The number of hydrogen-bond donors (Lipinski definition) is 3. The Morgan fingerprint density at radius 1 is 1.22 bits per heavy atom. The highest BCUT2D eigenvalue weighted by atomic mass is 79.9. The highest BCUT2D eigenvalue weighted by Crippen LogP contribution is 2.41. The lowest BCUT2D eigenvalue weighted by atomic mass is 9.94. The highest BCUT2D eigenvalue weighted by Gasteiger charge is 2.46. The average molecular weight is 556 g/mol. The van der Waals surface area contributed by atoms with Gasteiger partial charge in [-0.05, 0) is 44.0 Å². The summed E-state index contributed by atoms with van der Waals surface area (Å²) in [5.41, 5.74) is 2.17. The number of rotatable bonds is 8. The second-order valence-corrected chi connectivity index (χ2v) is 9.51. The van der Waals surface area contributed by atoms with E-state index < -0.39 is 23.7 Å². The van der Waals surface area contributed by atoms with Gasteiger partial charge in [0, 0.05) is 28.7 Å². The third-order valence-corrected chi connectivity index (χ3v) is 6.83. The van der Waals surface area contributed by atoms with Crippen LogP contribution < -0.4 is 4.57 Å². The van der Waals surface area contributed by atoms with Crippen molar-refractivity contribution in [1.82, 2.24) is 14.9 Å². The van der Waals surface area contributed by atoms with Gasteiger partial charge in [-0.1, -0.05) is 28.1 Å². The molecule has 0 spiro atoms. The zero-order valence-electron chi connectivity index (χ0n) is 20.3. The number of carbonyl (C=O) groups excluding carboxylic acids is 3. The van der Waals surface area contributed by atoms with Crippen LogP contribution in [0.5, 0.6) is 0 Å². The van der Waals surface area contributed by atoms with Crippen LogP contribution in [0.3, 0.4) is 0 Å². The Hall–Kier alpha value is -3.66. The van der Waals surface area contributed by atoms with Crippen molar-refractivity contribution in [3.8, 4) is 0 Å². The molecule has 0 saturated carbocycles. The molecule has 3 N–H and O–H groups in total. The number of aromatic nitrogens is 3. The van der Waals surface area contributed by atoms with Gasteiger partial charge >= 0.3 is 5.97 Å². The largest absolute Gasteiger partial charge is 0.507 e. The van der Waals surface area contributed by atoms with E-state index in [1.165, 1.54) is 4.90 Å². The van der Waals surface area contributed by atoms with Crippen LogP contribution in [0, 0.1) is 13.8 Å². The van der Waals surface area contributed by atoms with E-state index in [2.05, 4.69) is 25.9 Å². The SMILES string of the molecule is CCOC(=O)c1[nH]c(C)c(/C(O)=C2\C(=O)C(=O)N(CCC[n+]3cc[nH]c3)C2c2ccc(Br)cc2)c1C. The van der Waals surface area contributed by atoms with E-state index in [1.807, 2.05) is 41.4 Å². The minimum absolute atomic E-state index is 0.00257. The topological polar surface area (TPSA) is 119 Å². The number of benzene rings is 1. The molecule has 1 unspecified atom stereocenters. The Bertz CT molecular complexity index is 1330. The summed E-state index contributed by atoms with van der Waals surface area (Å²) in [7, 11) is 0. The van der Waals surface area contributed by atoms with E-state index in [0.717, 1.165) is 4.47 Å². The van der Waals surface area contributed by atoms with Crippen LogP contribution in [-0.4, -0.2) is 50.8 Å². The number of Topliss-reactive ketones (excluding diaryl/α,β-unsaturated/α-hetero) is 1. The third kappa shape index (κ3) is 4.73. The summed E-state index contributed by atoms with van der Waals surface area (Å²) in [4.78, 5) is 46.3. The second kappa shape index (κ2) is 10.5. The molecular weight excluding hydrogens is 528 g/mol. The molecule has 1 fully saturated rings. The fourth-order valence-corrected chi connectivity index (χ4v) is 4.90. The monoisotopic (exact) mass is 555 g/mol. The molecule has 36 heavy (non-hydrogen) atoms. The minimum Gasteiger partial charge on any atom is -0.507 e. The molecule has 1 saturated heterocycles. The number of H-pyrrole nitrogens is 2. The predicted octanol–water partition coefficient (Wildman–Crippen LogP) is 3.70. The number of carbonyl (C=O) groups is 3. The van der Waals surface area contributed by atoms with Gasteiger partial charge in [-0.25, -0.2) is 9.36 Å². The molecule has 0 radical (unpaired) electrons. The first kappa shape index (κ1) is 25.4. The van der Waals surface area contributed by atoms with Gasteiger partial charge in [-0.15, -0.1) is 0 Å². The number of nitrogens with zero attached hydrogens (tertiary/aromatic N) is 2. The van der Waals surface area contributed by atoms with E-state index in [9.17, 15) is 19.5 Å². The Morgan fingerprint density at radius 2 is 1.94 bits per heavy atom. The maximum atomic E-state index is 13.3. The Labute approximate surface area is 216 Å². The summed E-state index contributed by atoms with van der Waals surface area (Å²) in [5.74, 6) is -2.29. The second-order valence-electron chi connectivity index (χ2n) is 8.59. The number of ether oxygens (including phenoxy) is 1. The number of aromatic amines is 2. The van der Waals surface area contributed by atoms with Crippen molar-refractivity contribution in [1.29, 1.82) is 0 Å². The van der Waals surface area contributed by atoms with Crippen LogP contribution in [-0.2, 0) is 20.9 Å². The Morgan fingerprint density at radius 3 is 2.58 bits per heavy atom. The molecule has 1 atom stereocenters. The van der Waals surface area contributed by atoms with Crippen LogP contribution in [0.2, 0.25) is 0 Å². The first-order chi connectivity index (χ1) is 17.2. The van der Waals surface area contributed by atoms with Crippen LogP contribution in [0.4, 0.5) is 0 Å². The summed E-state index contributed by atoms with van der Waals surface area (Å²) in [6.45, 7) is 6.25. The smallest absolute Gasteiger partial charge is 0.355 e. The lowest BCUT2D eigenvalue weighted by Crippen LogP contribution is -2.36. The van der Waals surface area contributed by atoms with E-state index in [1.54, 1.807) is 27.0 Å². The number of hydrogen-bond acceptors (Lipinski definition) is 5. The standard InChI is InChI=1S/C26H27BrN4O5/c1-4-36-26(35)21-15(2)19(16(3)29-21)23(32)20-22(17-6-8-18(27)9-7-17)31(25(34)24(20)33)12-5-11-30-13-10-28-14-30/h6-10,13-14,22H,4-5,11-12H2,1-3H3,(H2,29,32,33,35)/p+1. The summed E-state index contributed by atoms with van der Waals surface area (Å²) in [5, 5.41) is 11.5. The number of esters is 1. The molecule has 2 aromatic heterocycles. The lowest BCUT2D eigenvalue weighted by molar-refractivity contribution is -0.695. The molecule has 1 aliphatic rings. The zero-order chi connectivity index (χ0) is 26.0. The van der Waals surface area contributed by atoms with E-state index >= 15 is 0 Å². The average Bonchev–Trinajstić information content (AvgIpc) is 3.53. The molecule has 1 amide bonds. The van der Waals surface area contributed by atoms with Gasteiger partial charge in [0.1, 0.15) is 23.8 Å². The molecule has 0 bridgehead atoms. The molecule has 0 aliphatic carbocycles. The van der Waals surface area contributed by atoms with E-state index in [-0.39, 0.29) is 23.6 Å². The van der Waals surface area contributed by atoms with Gasteiger partial charge in [0.25, 0.3) is 11.7 Å². The van der Waals surface area contributed by atoms with Crippen molar-refractivity contribution in [3.63, 3.8) is 0 Å². The van der Waals surface area contributed by atoms with Crippen molar-refractivity contribution in [2.75, 3.05) is 13.2 Å². The van der Waals surface area contributed by atoms with Gasteiger partial charge in [-0.3, -0.25) is 14.6 Å². The first-order valence-corrected chi connectivity index (χ1v) is 12.5. The molecule has 1 aliphatic heterocycles. The normalized spacial score (nSPS) is 17.1. The summed E-state index contributed by atoms with van der Waals surface area (Å²) in [6, 6.07) is 6.54. The highest BCUT2D eigenvalue weighted by molar-refractivity contribution is 9.10. The molecular formula is C26H28BrN4O5+. The fraction of sp³-hybridized carbons (Fsp3) is 0.308. The van der Waals surface area contributed by atoms with Crippen molar-refractivity contribution < 1.29 is 28.8 Å². The van der Waals surface area contributed by atoms with Crippen LogP contribution in [0.15, 0.2) is 53.0 Å². The van der Waals surface area contributed by atoms with E-state index in [4.69, 9.17) is 4.74 Å². The van der Waals surface area contributed by atoms with E-state index in [0.29, 0.717) is 41.9 Å². The number of ketones is 1. The van der Waals surface area contributed by atoms with Gasteiger partial charge in [0.05, 0.1) is 24.8 Å². The maximum Gasteiger partial charge on any atom is 0.355 e. The summed E-state index contributed by atoms with van der Waals surface area (Å²) in [6.07, 6.45) is 6.12. The van der Waals surface area contributed by atoms with Crippen LogP contribution >= 0.6 is 15.9 Å². The summed E-state index contributed by atoms with van der Waals surface area (Å²) >= 11 is 3.42. The van der Waals surface area contributed by atoms with Crippen LogP contribution in [0.1, 0.15) is 52.3 Å². The van der Waals surface area contributed by atoms with Crippen LogP contribution in [0.25, 0.3) is 5.76 Å². The molecule has 10 heteroatoms. The molecule has 4 rings (SSSR count). The van der Waals surface area contributed by atoms with Gasteiger partial charge in [-0.2, -0.15) is 0 Å². The maximum absolute atomic E-state index is 13.3. The number of aryl methyl sites for hydroxylation is 2. The number of amides is 1. The number of halogens is 1. The van der Waals surface area contributed by atoms with Crippen molar-refractivity contribution in [3.05, 3.63) is 81.1 Å². The van der Waals surface area contributed by atoms with Crippen molar-refractivity contribution in [2.24, 2.45) is 0 Å². The summed E-state index contributed by atoms with van der Waals surface area (Å²) < 4.78 is 7.91. The quantitative estimate of drug-likeness (QED) is 0.129. The number of nitrogens with one attached hydrogen (secondary N) is 2. The van der Waals surface area contributed by atoms with Gasteiger partial charge in [0.2, 0.25) is 6.33 Å². The minimum atomic E-state index is -0.769. The van der Waals surface area contributed by atoms with Gasteiger partial charge < -0.3 is 19.7 Å². The number of likely N-dealkylation sites (tertiary alicyclic amines) is 1. The predicted molar refractivity (Wildman–Crippen MR) is 135 cm³/mol. The Kier molecular flexibility index (Phi) is 7.44. The third-order valence-electron chi connectivity index (χ3n) is 6.30. The van der Waals surface area contributed by atoms with Crippen molar-refractivity contribution >= 4 is 39.3 Å². The Balaban J connectivity index is 1.78. The molecule has 3 aromatic rings. The number of imidazole rings is 1. The first-order valence-electron chi connectivity index (χ1n) is 11.7. The fourth-order valence-electron chi connectivity index (χ4n) is 4.63. The molecule has 188 valence electrons. The number of aliphatic hydroxyl groups excluding tert-OH is 1. The molecule has 9 nitrogen and oxygen atoms in total. The molecule has 3 heterocycles. The molecule has 1 aromatic carbocycles. The lowest BCUT2D eigenvalue weighted by Gasteiger charge is -2.25. The number of aliphatic hydroxyl groups is 1. The van der Waals surface area contributed by atoms with Gasteiger partial charge in [0.15, 0.2) is 0 Å².